The Morgan fingerprint density at radius 3 is 2.62 bits per heavy atom. The number of carbonyl (C=O) groups is 1. The first-order valence-electron chi connectivity index (χ1n) is 10.8. The average molecular weight is 470 g/mol. The van der Waals surface area contributed by atoms with Gasteiger partial charge in [0.1, 0.15) is 0 Å². The van der Waals surface area contributed by atoms with E-state index in [2.05, 4.69) is 24.1 Å². The standard InChI is InChI=1S/C20H31N5O6S/c1-16(2)14-22-10-11-31-18(15-22)13-21-20(26)23-6-8-24(9-7-23)32(29,30)19-5-3-4-17(12-19)25(27)28/h3-5,12,16,18H,6-11,13-15H2,1-2H3,(H,21,26)/t18-/m1/s1. The van der Waals surface area contributed by atoms with Crippen LogP contribution in [0.1, 0.15) is 13.8 Å². The molecule has 1 aromatic carbocycles. The molecule has 12 heteroatoms. The molecule has 2 saturated heterocycles. The second-order valence-electron chi connectivity index (χ2n) is 8.48. The third-order valence-electron chi connectivity index (χ3n) is 5.52. The summed E-state index contributed by atoms with van der Waals surface area (Å²) in [5.41, 5.74) is -0.277. The van der Waals surface area contributed by atoms with Gasteiger partial charge in [-0.3, -0.25) is 15.0 Å². The van der Waals surface area contributed by atoms with Gasteiger partial charge in [-0.25, -0.2) is 13.2 Å². The number of hydrogen-bond donors (Lipinski definition) is 1. The van der Waals surface area contributed by atoms with Gasteiger partial charge >= 0.3 is 6.03 Å². The van der Waals surface area contributed by atoms with Gasteiger partial charge < -0.3 is 15.0 Å². The average Bonchev–Trinajstić information content (AvgIpc) is 2.77. The van der Waals surface area contributed by atoms with Gasteiger partial charge in [0.2, 0.25) is 10.0 Å². The van der Waals surface area contributed by atoms with E-state index < -0.39 is 14.9 Å². The maximum Gasteiger partial charge on any atom is 0.317 e. The van der Waals surface area contributed by atoms with E-state index in [-0.39, 0.29) is 48.9 Å². The Balaban J connectivity index is 1.49. The number of nitro groups is 1. The molecule has 1 atom stereocenters. The number of hydrogen-bond acceptors (Lipinski definition) is 7. The summed E-state index contributed by atoms with van der Waals surface area (Å²) in [6.45, 7) is 8.78. The number of nitro benzene ring substituents is 1. The van der Waals surface area contributed by atoms with Crippen molar-refractivity contribution in [1.82, 2.24) is 19.4 Å². The number of benzene rings is 1. The third-order valence-corrected chi connectivity index (χ3v) is 7.41. The molecule has 2 heterocycles. The first kappa shape index (κ1) is 24.4. The van der Waals surface area contributed by atoms with Gasteiger partial charge in [-0.1, -0.05) is 19.9 Å². The fourth-order valence-electron chi connectivity index (χ4n) is 3.94. The van der Waals surface area contributed by atoms with Crippen molar-refractivity contribution in [3.05, 3.63) is 34.4 Å². The Morgan fingerprint density at radius 2 is 1.97 bits per heavy atom. The summed E-state index contributed by atoms with van der Waals surface area (Å²) >= 11 is 0. The molecule has 0 radical (unpaired) electrons. The van der Waals surface area contributed by atoms with Crippen LogP contribution >= 0.6 is 0 Å². The number of carbonyl (C=O) groups excluding carboxylic acids is 1. The van der Waals surface area contributed by atoms with Crippen molar-refractivity contribution >= 4 is 21.7 Å². The Morgan fingerprint density at radius 1 is 1.25 bits per heavy atom. The molecule has 11 nitrogen and oxygen atoms in total. The van der Waals surface area contributed by atoms with E-state index in [0.717, 1.165) is 25.7 Å². The minimum Gasteiger partial charge on any atom is -0.374 e. The highest BCUT2D eigenvalue weighted by Gasteiger charge is 2.31. The summed E-state index contributed by atoms with van der Waals surface area (Å²) in [4.78, 5) is 26.7. The summed E-state index contributed by atoms with van der Waals surface area (Å²) in [5, 5.41) is 13.8. The number of ether oxygens (including phenoxy) is 1. The molecule has 0 saturated carbocycles. The number of sulfonamides is 1. The van der Waals surface area contributed by atoms with Crippen LogP contribution in [0.25, 0.3) is 0 Å². The zero-order chi connectivity index (χ0) is 23.3. The van der Waals surface area contributed by atoms with Crippen LogP contribution in [0.2, 0.25) is 0 Å². The lowest BCUT2D eigenvalue weighted by Gasteiger charge is -2.36. The second kappa shape index (κ2) is 10.6. The Kier molecular flexibility index (Phi) is 8.04. The van der Waals surface area contributed by atoms with Crippen molar-refractivity contribution in [3.63, 3.8) is 0 Å². The zero-order valence-corrected chi connectivity index (χ0v) is 19.3. The van der Waals surface area contributed by atoms with Crippen molar-refractivity contribution in [2.75, 3.05) is 59.0 Å². The molecule has 0 spiro atoms. The van der Waals surface area contributed by atoms with Crippen LogP contribution in [0, 0.1) is 16.0 Å². The maximum atomic E-state index is 12.8. The highest BCUT2D eigenvalue weighted by molar-refractivity contribution is 7.89. The topological polar surface area (TPSA) is 125 Å². The van der Waals surface area contributed by atoms with Crippen molar-refractivity contribution in [2.24, 2.45) is 5.92 Å². The monoisotopic (exact) mass is 469 g/mol. The van der Waals surface area contributed by atoms with Crippen molar-refractivity contribution in [2.45, 2.75) is 24.8 Å². The van der Waals surface area contributed by atoms with Gasteiger partial charge in [0.15, 0.2) is 0 Å². The van der Waals surface area contributed by atoms with Gasteiger partial charge in [0.25, 0.3) is 5.69 Å². The molecule has 0 aromatic heterocycles. The fraction of sp³-hybridized carbons (Fsp3) is 0.650. The van der Waals surface area contributed by atoms with E-state index in [9.17, 15) is 23.3 Å². The maximum absolute atomic E-state index is 12.8. The quantitative estimate of drug-likeness (QED) is 0.466. The summed E-state index contributed by atoms with van der Waals surface area (Å²) in [6, 6.07) is 4.75. The molecule has 178 valence electrons. The van der Waals surface area contributed by atoms with Gasteiger partial charge in [-0.05, 0) is 12.0 Å². The molecular weight excluding hydrogens is 438 g/mol. The summed E-state index contributed by atoms with van der Waals surface area (Å²) in [7, 11) is -3.87. The van der Waals surface area contributed by atoms with Crippen LogP contribution < -0.4 is 5.32 Å². The Labute approximate surface area is 188 Å². The second-order valence-corrected chi connectivity index (χ2v) is 10.4. The van der Waals surface area contributed by atoms with Crippen LogP contribution in [-0.2, 0) is 14.8 Å². The molecule has 0 unspecified atom stereocenters. The number of morpholine rings is 1. The lowest BCUT2D eigenvalue weighted by Crippen LogP contribution is -2.55. The SMILES string of the molecule is CC(C)CN1CCO[C@H](CNC(=O)N2CCN(S(=O)(=O)c3cccc([N+](=O)[O-])c3)CC2)C1. The molecule has 2 amide bonds. The normalized spacial score (nSPS) is 21.0. The van der Waals surface area contributed by atoms with E-state index in [1.54, 1.807) is 4.90 Å². The molecule has 32 heavy (non-hydrogen) atoms. The van der Waals surface area contributed by atoms with Gasteiger partial charge in [0.05, 0.1) is 22.5 Å². The number of rotatable bonds is 7. The van der Waals surface area contributed by atoms with E-state index in [4.69, 9.17) is 4.74 Å². The highest BCUT2D eigenvalue weighted by atomic mass is 32.2. The number of piperazine rings is 1. The van der Waals surface area contributed by atoms with Gasteiger partial charge in [-0.2, -0.15) is 4.31 Å². The Bertz CT molecular complexity index is 917. The molecule has 2 aliphatic heterocycles. The van der Waals surface area contributed by atoms with Crippen LogP contribution in [0.4, 0.5) is 10.5 Å². The minimum atomic E-state index is -3.87. The number of non-ortho nitro benzene ring substituents is 1. The van der Waals surface area contributed by atoms with Crippen molar-refractivity contribution < 1.29 is 22.9 Å². The molecule has 2 aliphatic rings. The molecule has 0 aliphatic carbocycles. The number of amides is 2. The van der Waals surface area contributed by atoms with Crippen LogP contribution in [0.3, 0.4) is 0 Å². The smallest absolute Gasteiger partial charge is 0.317 e. The predicted molar refractivity (Wildman–Crippen MR) is 118 cm³/mol. The lowest BCUT2D eigenvalue weighted by atomic mass is 10.2. The van der Waals surface area contributed by atoms with Crippen molar-refractivity contribution in [3.8, 4) is 0 Å². The molecular formula is C20H31N5O6S. The fourth-order valence-corrected chi connectivity index (χ4v) is 5.40. The first-order valence-corrected chi connectivity index (χ1v) is 12.2. The minimum absolute atomic E-state index is 0.0676. The van der Waals surface area contributed by atoms with Crippen molar-refractivity contribution in [1.29, 1.82) is 0 Å². The largest absolute Gasteiger partial charge is 0.374 e. The Hall–Kier alpha value is -2.28. The summed E-state index contributed by atoms with van der Waals surface area (Å²) in [6.07, 6.45) is -0.0676. The van der Waals surface area contributed by atoms with E-state index >= 15 is 0 Å². The molecule has 3 rings (SSSR count). The highest BCUT2D eigenvalue weighted by Crippen LogP contribution is 2.22. The zero-order valence-electron chi connectivity index (χ0n) is 18.5. The van der Waals surface area contributed by atoms with Crippen LogP contribution in [-0.4, -0.2) is 98.5 Å². The van der Waals surface area contributed by atoms with E-state index in [1.165, 1.54) is 22.5 Å². The van der Waals surface area contributed by atoms with Crippen LogP contribution in [0.15, 0.2) is 29.2 Å². The lowest BCUT2D eigenvalue weighted by molar-refractivity contribution is -0.385. The summed E-state index contributed by atoms with van der Waals surface area (Å²) < 4.78 is 32.7. The van der Waals surface area contributed by atoms with Gasteiger partial charge in [-0.15, -0.1) is 0 Å². The first-order chi connectivity index (χ1) is 15.2. The molecule has 1 N–H and O–H groups in total. The van der Waals surface area contributed by atoms with E-state index in [0.29, 0.717) is 19.1 Å². The number of nitrogens with one attached hydrogen (secondary N) is 1. The van der Waals surface area contributed by atoms with E-state index in [1.807, 2.05) is 0 Å². The third kappa shape index (κ3) is 6.15. The molecule has 0 bridgehead atoms. The number of nitrogens with zero attached hydrogens (tertiary/aromatic N) is 4. The molecule has 1 aromatic rings. The number of urea groups is 1. The predicted octanol–water partition coefficient (Wildman–Crippen LogP) is 0.968. The summed E-state index contributed by atoms with van der Waals surface area (Å²) in [5.74, 6) is 0.568. The van der Waals surface area contributed by atoms with Gasteiger partial charge in [0, 0.05) is 64.5 Å². The molecule has 2 fully saturated rings. The van der Waals surface area contributed by atoms with Crippen LogP contribution in [0.5, 0.6) is 0 Å².